The van der Waals surface area contributed by atoms with Crippen LogP contribution >= 0.6 is 0 Å². The van der Waals surface area contributed by atoms with Gasteiger partial charge in [-0.05, 0) is 23.8 Å². The summed E-state index contributed by atoms with van der Waals surface area (Å²) in [7, 11) is -1.83. The maximum atomic E-state index is 11.5. The average molecular weight is 227 g/mol. The largest absolute Gasteiger partial charge is 0.478 e. The molecule has 0 aromatic heterocycles. The summed E-state index contributed by atoms with van der Waals surface area (Å²) in [6, 6.07) is 4.32. The van der Waals surface area contributed by atoms with Crippen LogP contribution < -0.4 is 4.31 Å². The molecule has 15 heavy (non-hydrogen) atoms. The quantitative estimate of drug-likeness (QED) is 0.765. The van der Waals surface area contributed by atoms with Crippen molar-refractivity contribution in [3.63, 3.8) is 0 Å². The first-order chi connectivity index (χ1) is 6.92. The number of carbonyl (C=O) groups is 1. The first-order valence-corrected chi connectivity index (χ1v) is 5.85. The lowest BCUT2D eigenvalue weighted by molar-refractivity contribution is 0.0697. The molecule has 2 rings (SSSR count). The Morgan fingerprint density at radius 2 is 2.13 bits per heavy atom. The van der Waals surface area contributed by atoms with Gasteiger partial charge in [0.15, 0.2) is 0 Å². The fraction of sp³-hybridized carbons (Fsp3) is 0.222. The number of fused-ring (bicyclic) bond motifs is 1. The molecule has 80 valence electrons. The number of benzene rings is 1. The van der Waals surface area contributed by atoms with Crippen LogP contribution in [0.4, 0.5) is 5.69 Å². The van der Waals surface area contributed by atoms with E-state index in [0.717, 1.165) is 0 Å². The average Bonchev–Trinajstić information content (AvgIpc) is 2.37. The van der Waals surface area contributed by atoms with E-state index in [9.17, 15) is 13.2 Å². The first kappa shape index (κ1) is 9.97. The Bertz CT molecular complexity index is 535. The van der Waals surface area contributed by atoms with E-state index in [1.54, 1.807) is 0 Å². The minimum absolute atomic E-state index is 0.110. The number of rotatable bonds is 1. The summed E-state index contributed by atoms with van der Waals surface area (Å²) in [5.41, 5.74) is 1.21. The van der Waals surface area contributed by atoms with Crippen molar-refractivity contribution in [2.75, 3.05) is 11.4 Å². The van der Waals surface area contributed by atoms with Gasteiger partial charge in [-0.3, -0.25) is 4.31 Å². The van der Waals surface area contributed by atoms with E-state index in [4.69, 9.17) is 5.11 Å². The molecule has 0 amide bonds. The number of nitrogens with zero attached hydrogens (tertiary/aromatic N) is 1. The molecule has 1 aromatic rings. The number of hydrogen-bond acceptors (Lipinski definition) is 3. The van der Waals surface area contributed by atoms with Gasteiger partial charge in [0.25, 0.3) is 0 Å². The predicted molar refractivity (Wildman–Crippen MR) is 54.4 cm³/mol. The van der Waals surface area contributed by atoms with Crippen molar-refractivity contribution in [1.29, 1.82) is 0 Å². The number of anilines is 1. The summed E-state index contributed by atoms with van der Waals surface area (Å²) in [5, 5.41) is 8.75. The van der Waals surface area contributed by atoms with E-state index >= 15 is 0 Å². The number of hydrogen-bond donors (Lipinski definition) is 1. The number of carboxylic acids is 1. The van der Waals surface area contributed by atoms with Crippen LogP contribution in [0.3, 0.4) is 0 Å². The molecule has 1 aliphatic heterocycles. The number of carboxylic acid groups (broad SMARTS) is 1. The monoisotopic (exact) mass is 227 g/mol. The lowest BCUT2D eigenvalue weighted by Crippen LogP contribution is -2.20. The summed E-state index contributed by atoms with van der Waals surface area (Å²) in [5.74, 6) is -1.18. The molecule has 1 aliphatic rings. The summed E-state index contributed by atoms with van der Waals surface area (Å²) >= 11 is 0. The van der Waals surface area contributed by atoms with Crippen LogP contribution in [0.1, 0.15) is 15.9 Å². The molecule has 0 fully saturated rings. The standard InChI is InChI=1S/C9H9NO4S/c1-10-8-3-2-6(9(11)12)4-7(8)5-15(10,13)14/h2-4H,5H2,1H3,(H,11,12). The SMILES string of the molecule is CN1c2ccc(C(=O)O)cc2CS1(=O)=O. The zero-order chi connectivity index (χ0) is 11.2. The molecule has 0 bridgehead atoms. The van der Waals surface area contributed by atoms with Crippen molar-refractivity contribution in [3.05, 3.63) is 29.3 Å². The van der Waals surface area contributed by atoms with Crippen LogP contribution in [-0.4, -0.2) is 26.5 Å². The van der Waals surface area contributed by atoms with Crippen LogP contribution in [0.15, 0.2) is 18.2 Å². The van der Waals surface area contributed by atoms with Gasteiger partial charge in [0.2, 0.25) is 10.0 Å². The molecule has 1 aromatic carbocycles. The van der Waals surface area contributed by atoms with Gasteiger partial charge in [-0.1, -0.05) is 0 Å². The Kier molecular flexibility index (Phi) is 1.97. The highest BCUT2D eigenvalue weighted by molar-refractivity contribution is 7.92. The molecule has 0 atom stereocenters. The maximum Gasteiger partial charge on any atom is 0.335 e. The maximum absolute atomic E-state index is 11.5. The van der Waals surface area contributed by atoms with Crippen LogP contribution in [0, 0.1) is 0 Å². The Labute approximate surface area is 87.0 Å². The van der Waals surface area contributed by atoms with Crippen molar-refractivity contribution >= 4 is 21.7 Å². The van der Waals surface area contributed by atoms with E-state index in [0.29, 0.717) is 11.3 Å². The van der Waals surface area contributed by atoms with E-state index in [1.165, 1.54) is 29.6 Å². The fourth-order valence-corrected chi connectivity index (χ4v) is 2.88. The van der Waals surface area contributed by atoms with E-state index < -0.39 is 16.0 Å². The highest BCUT2D eigenvalue weighted by atomic mass is 32.2. The van der Waals surface area contributed by atoms with Gasteiger partial charge in [-0.2, -0.15) is 0 Å². The summed E-state index contributed by atoms with van der Waals surface area (Å²) in [6.07, 6.45) is 0. The minimum Gasteiger partial charge on any atom is -0.478 e. The van der Waals surface area contributed by atoms with Crippen molar-refractivity contribution in [2.45, 2.75) is 5.75 Å². The molecule has 6 heteroatoms. The molecule has 0 radical (unpaired) electrons. The second kappa shape index (κ2) is 2.96. The van der Waals surface area contributed by atoms with Crippen LogP contribution in [0.2, 0.25) is 0 Å². The molecule has 0 aliphatic carbocycles. The second-order valence-electron chi connectivity index (χ2n) is 3.37. The predicted octanol–water partition coefficient (Wildman–Crippen LogP) is 0.664. The van der Waals surface area contributed by atoms with Gasteiger partial charge in [0.05, 0.1) is 17.0 Å². The Balaban J connectivity index is 2.57. The fourth-order valence-electron chi connectivity index (χ4n) is 1.58. The van der Waals surface area contributed by atoms with E-state index in [2.05, 4.69) is 0 Å². The van der Waals surface area contributed by atoms with Gasteiger partial charge in [-0.25, -0.2) is 13.2 Å². The molecular formula is C9H9NO4S. The molecular weight excluding hydrogens is 218 g/mol. The van der Waals surface area contributed by atoms with Crippen LogP contribution in [0.5, 0.6) is 0 Å². The van der Waals surface area contributed by atoms with Gasteiger partial charge in [-0.15, -0.1) is 0 Å². The lowest BCUT2D eigenvalue weighted by Gasteiger charge is -2.10. The van der Waals surface area contributed by atoms with E-state index in [-0.39, 0.29) is 11.3 Å². The molecule has 1 N–H and O–H groups in total. The Morgan fingerprint density at radius 1 is 1.47 bits per heavy atom. The zero-order valence-corrected chi connectivity index (χ0v) is 8.78. The van der Waals surface area contributed by atoms with Gasteiger partial charge in [0.1, 0.15) is 0 Å². The topological polar surface area (TPSA) is 74.7 Å². The van der Waals surface area contributed by atoms with Gasteiger partial charge >= 0.3 is 5.97 Å². The zero-order valence-electron chi connectivity index (χ0n) is 7.97. The molecule has 0 spiro atoms. The Morgan fingerprint density at radius 3 is 2.73 bits per heavy atom. The minimum atomic E-state index is -3.29. The highest BCUT2D eigenvalue weighted by Gasteiger charge is 2.30. The molecule has 1 heterocycles. The molecule has 5 nitrogen and oxygen atoms in total. The normalized spacial score (nSPS) is 17.5. The van der Waals surface area contributed by atoms with Gasteiger partial charge < -0.3 is 5.11 Å². The number of sulfonamides is 1. The third-order valence-electron chi connectivity index (χ3n) is 2.42. The number of aromatic carboxylic acids is 1. The smallest absolute Gasteiger partial charge is 0.335 e. The van der Waals surface area contributed by atoms with Gasteiger partial charge in [0, 0.05) is 7.05 Å². The first-order valence-electron chi connectivity index (χ1n) is 4.24. The summed E-state index contributed by atoms with van der Waals surface area (Å²) in [4.78, 5) is 10.7. The molecule has 0 unspecified atom stereocenters. The van der Waals surface area contributed by atoms with Crippen molar-refractivity contribution < 1.29 is 18.3 Å². The Hall–Kier alpha value is -1.56. The highest BCUT2D eigenvalue weighted by Crippen LogP contribution is 2.32. The van der Waals surface area contributed by atoms with E-state index in [1.807, 2.05) is 0 Å². The lowest BCUT2D eigenvalue weighted by atomic mass is 10.1. The molecule has 0 saturated heterocycles. The van der Waals surface area contributed by atoms with Crippen molar-refractivity contribution in [1.82, 2.24) is 0 Å². The second-order valence-corrected chi connectivity index (χ2v) is 5.37. The summed E-state index contributed by atoms with van der Waals surface area (Å²) < 4.78 is 24.1. The summed E-state index contributed by atoms with van der Waals surface area (Å²) in [6.45, 7) is 0. The van der Waals surface area contributed by atoms with Crippen molar-refractivity contribution in [2.24, 2.45) is 0 Å². The van der Waals surface area contributed by atoms with Crippen LogP contribution in [-0.2, 0) is 15.8 Å². The third kappa shape index (κ3) is 1.46. The van der Waals surface area contributed by atoms with Crippen LogP contribution in [0.25, 0.3) is 0 Å². The van der Waals surface area contributed by atoms with Crippen molar-refractivity contribution in [3.8, 4) is 0 Å². The molecule has 0 saturated carbocycles. The third-order valence-corrected chi connectivity index (χ3v) is 4.13.